The fraction of sp³-hybridized carbons (Fsp3) is 0.657. The molecule has 2 N–H and O–H groups in total. The van der Waals surface area contributed by atoms with Crippen LogP contribution in [-0.4, -0.2) is 76.1 Å². The third-order valence-corrected chi connectivity index (χ3v) is 9.29. The van der Waals surface area contributed by atoms with E-state index in [0.717, 1.165) is 62.4 Å². The molecule has 2 heterocycles. The lowest BCUT2D eigenvalue weighted by atomic mass is 9.95. The van der Waals surface area contributed by atoms with E-state index in [4.69, 9.17) is 5.26 Å². The molecule has 1 aromatic heterocycles. The van der Waals surface area contributed by atoms with Gasteiger partial charge in [0.2, 0.25) is 5.91 Å². The number of nitrogens with zero attached hydrogens (tertiary/aromatic N) is 5. The smallest absolute Gasteiger partial charge is 0.318 e. The van der Waals surface area contributed by atoms with Crippen molar-refractivity contribution >= 4 is 11.9 Å². The highest BCUT2D eigenvalue weighted by molar-refractivity contribution is 5.87. The molecule has 240 valence electrons. The van der Waals surface area contributed by atoms with Crippen LogP contribution in [0.3, 0.4) is 0 Å². The summed E-state index contributed by atoms with van der Waals surface area (Å²) in [4.78, 5) is 35.6. The van der Waals surface area contributed by atoms with Gasteiger partial charge in [-0.05, 0) is 55.3 Å². The van der Waals surface area contributed by atoms with E-state index in [9.17, 15) is 9.59 Å². The number of benzene rings is 1. The minimum atomic E-state index is -0.507. The van der Waals surface area contributed by atoms with Crippen LogP contribution in [0.25, 0.3) is 0 Å². The van der Waals surface area contributed by atoms with Crippen molar-refractivity contribution in [2.24, 2.45) is 11.8 Å². The summed E-state index contributed by atoms with van der Waals surface area (Å²) < 4.78 is 2.07. The van der Waals surface area contributed by atoms with Gasteiger partial charge in [-0.3, -0.25) is 9.69 Å². The van der Waals surface area contributed by atoms with Gasteiger partial charge in [0.05, 0.1) is 18.0 Å². The van der Waals surface area contributed by atoms with Crippen LogP contribution in [-0.2, 0) is 17.8 Å². The lowest BCUT2D eigenvalue weighted by Crippen LogP contribution is -2.63. The van der Waals surface area contributed by atoms with Crippen molar-refractivity contribution in [1.82, 2.24) is 30.0 Å². The van der Waals surface area contributed by atoms with E-state index in [1.807, 2.05) is 30.5 Å². The molecule has 1 saturated heterocycles. The molecule has 1 saturated carbocycles. The Morgan fingerprint density at radius 1 is 1.05 bits per heavy atom. The molecular weight excluding hydrogens is 550 g/mol. The van der Waals surface area contributed by atoms with E-state index >= 15 is 0 Å². The van der Waals surface area contributed by atoms with E-state index in [0.29, 0.717) is 44.1 Å². The molecule has 1 unspecified atom stereocenters. The molecule has 4 rings (SSSR count). The second kappa shape index (κ2) is 17.2. The zero-order valence-corrected chi connectivity index (χ0v) is 27.1. The van der Waals surface area contributed by atoms with Gasteiger partial charge in [-0.25, -0.2) is 9.78 Å². The molecule has 9 nitrogen and oxygen atoms in total. The highest BCUT2D eigenvalue weighted by Crippen LogP contribution is 2.20. The fourth-order valence-corrected chi connectivity index (χ4v) is 6.45. The van der Waals surface area contributed by atoms with Gasteiger partial charge in [-0.2, -0.15) is 5.26 Å². The van der Waals surface area contributed by atoms with Crippen molar-refractivity contribution < 1.29 is 9.59 Å². The second-order valence-corrected chi connectivity index (χ2v) is 13.4. The zero-order valence-electron chi connectivity index (χ0n) is 27.1. The summed E-state index contributed by atoms with van der Waals surface area (Å²) in [5, 5.41) is 15.5. The lowest BCUT2D eigenvalue weighted by molar-refractivity contribution is -0.127. The van der Waals surface area contributed by atoms with E-state index < -0.39 is 6.04 Å². The molecule has 1 aliphatic heterocycles. The highest BCUT2D eigenvalue weighted by atomic mass is 16.2. The normalized spacial score (nSPS) is 18.6. The lowest BCUT2D eigenvalue weighted by Gasteiger charge is -2.41. The van der Waals surface area contributed by atoms with Crippen molar-refractivity contribution in [1.29, 1.82) is 5.26 Å². The summed E-state index contributed by atoms with van der Waals surface area (Å²) in [6.07, 6.45) is 14.8. The van der Waals surface area contributed by atoms with E-state index in [-0.39, 0.29) is 18.0 Å². The summed E-state index contributed by atoms with van der Waals surface area (Å²) in [7, 11) is 0. The van der Waals surface area contributed by atoms with Gasteiger partial charge in [-0.15, -0.1) is 0 Å². The maximum atomic E-state index is 13.7. The predicted molar refractivity (Wildman–Crippen MR) is 174 cm³/mol. The molecule has 44 heavy (non-hydrogen) atoms. The Kier molecular flexibility index (Phi) is 13.1. The van der Waals surface area contributed by atoms with E-state index in [1.54, 1.807) is 11.2 Å². The Balaban J connectivity index is 1.32. The number of imidazole rings is 1. The topological polar surface area (TPSA) is 106 Å². The molecule has 2 aromatic rings. The van der Waals surface area contributed by atoms with Crippen LogP contribution in [0.2, 0.25) is 0 Å². The van der Waals surface area contributed by atoms with Crippen molar-refractivity contribution in [3.63, 3.8) is 0 Å². The summed E-state index contributed by atoms with van der Waals surface area (Å²) in [6.45, 7) is 10.9. The summed E-state index contributed by atoms with van der Waals surface area (Å²) in [6, 6.07) is 9.32. The molecule has 2 aliphatic rings. The van der Waals surface area contributed by atoms with Gasteiger partial charge >= 0.3 is 6.03 Å². The quantitative estimate of drug-likeness (QED) is 0.303. The fourth-order valence-electron chi connectivity index (χ4n) is 6.45. The number of carbonyl (C=O) groups is 2. The van der Waals surface area contributed by atoms with Crippen LogP contribution >= 0.6 is 0 Å². The van der Waals surface area contributed by atoms with Crippen molar-refractivity contribution in [3.8, 4) is 6.07 Å². The second-order valence-electron chi connectivity index (χ2n) is 13.4. The average Bonchev–Trinajstić information content (AvgIpc) is 3.47. The number of hydrogen-bond acceptors (Lipinski definition) is 5. The molecule has 2 atom stereocenters. The summed E-state index contributed by atoms with van der Waals surface area (Å²) >= 11 is 0. The van der Waals surface area contributed by atoms with Gasteiger partial charge in [-0.1, -0.05) is 71.4 Å². The Bertz CT molecular complexity index is 1210. The minimum Gasteiger partial charge on any atom is -0.354 e. The SMILES string of the molecule is CC(C)CCCC(C)CCN1CCN(C(=O)NC2CCCCC2)[C@@H](C(=O)NCCc2cncn2Cc2ccc(C#N)cc2)C1. The van der Waals surface area contributed by atoms with Crippen LogP contribution < -0.4 is 10.6 Å². The van der Waals surface area contributed by atoms with Crippen molar-refractivity contribution in [2.75, 3.05) is 32.7 Å². The number of piperazine rings is 1. The van der Waals surface area contributed by atoms with Gasteiger partial charge < -0.3 is 20.1 Å². The van der Waals surface area contributed by atoms with E-state index in [2.05, 4.69) is 51.9 Å². The molecule has 0 bridgehead atoms. The monoisotopic (exact) mass is 603 g/mol. The third-order valence-electron chi connectivity index (χ3n) is 9.29. The third kappa shape index (κ3) is 10.4. The highest BCUT2D eigenvalue weighted by Gasteiger charge is 2.36. The number of carbonyl (C=O) groups excluding carboxylic acids is 2. The van der Waals surface area contributed by atoms with Crippen LogP contribution in [0.1, 0.15) is 95.4 Å². The largest absolute Gasteiger partial charge is 0.354 e. The number of nitrogens with one attached hydrogen (secondary N) is 2. The zero-order chi connectivity index (χ0) is 31.3. The molecule has 1 aromatic carbocycles. The first kappa shape index (κ1) is 33.5. The minimum absolute atomic E-state index is 0.0865. The molecule has 9 heteroatoms. The molecule has 0 radical (unpaired) electrons. The van der Waals surface area contributed by atoms with Gasteiger partial charge in [0.15, 0.2) is 0 Å². The molecule has 0 spiro atoms. The van der Waals surface area contributed by atoms with Crippen molar-refractivity contribution in [2.45, 2.75) is 104 Å². The molecule has 2 fully saturated rings. The van der Waals surface area contributed by atoms with Gasteiger partial charge in [0, 0.05) is 57.1 Å². The standard InChI is InChI=1S/C35H53N7O2/c1-27(2)8-7-9-28(3)17-19-40-20-21-42(35(44)39-31-10-5-4-6-11-31)33(25-40)34(43)38-18-16-32-23-37-26-41(32)24-30-14-12-29(22-36)13-15-30/h12-15,23,26-28,31,33H,4-11,16-21,24-25H2,1-3H3,(H,38,43)(H,39,44)/t28?,33-/m1/s1. The Morgan fingerprint density at radius 3 is 2.55 bits per heavy atom. The first-order chi connectivity index (χ1) is 21.3. The first-order valence-electron chi connectivity index (χ1n) is 16.9. The van der Waals surface area contributed by atoms with Gasteiger partial charge in [0.25, 0.3) is 0 Å². The van der Waals surface area contributed by atoms with Crippen LogP contribution in [0.4, 0.5) is 4.79 Å². The number of rotatable bonds is 14. The van der Waals surface area contributed by atoms with Crippen LogP contribution in [0.15, 0.2) is 36.8 Å². The maximum absolute atomic E-state index is 13.7. The van der Waals surface area contributed by atoms with Crippen molar-refractivity contribution in [3.05, 3.63) is 53.6 Å². The Labute approximate surface area is 264 Å². The summed E-state index contributed by atoms with van der Waals surface area (Å²) in [5.41, 5.74) is 2.75. The Hall–Kier alpha value is -3.38. The van der Waals surface area contributed by atoms with Gasteiger partial charge in [0.1, 0.15) is 6.04 Å². The molecule has 3 amide bonds. The molecule has 1 aliphatic carbocycles. The van der Waals surface area contributed by atoms with Crippen LogP contribution in [0.5, 0.6) is 0 Å². The van der Waals surface area contributed by atoms with Crippen LogP contribution in [0, 0.1) is 23.2 Å². The number of amides is 3. The first-order valence-corrected chi connectivity index (χ1v) is 16.9. The maximum Gasteiger partial charge on any atom is 0.318 e. The van der Waals surface area contributed by atoms with E-state index in [1.165, 1.54) is 25.7 Å². The number of nitriles is 1. The number of hydrogen-bond donors (Lipinski definition) is 2. The average molecular weight is 604 g/mol. The summed E-state index contributed by atoms with van der Waals surface area (Å²) in [5.74, 6) is 1.32. The number of aromatic nitrogens is 2. The predicted octanol–water partition coefficient (Wildman–Crippen LogP) is 5.34. The molecular formula is C35H53N7O2. The Morgan fingerprint density at radius 2 is 1.82 bits per heavy atom. The number of urea groups is 1.